The highest BCUT2D eigenvalue weighted by Gasteiger charge is 2.48. The number of hydrogen-bond acceptors (Lipinski definition) is 5. The van der Waals surface area contributed by atoms with E-state index in [1.54, 1.807) is 24.3 Å². The number of amides is 2. The van der Waals surface area contributed by atoms with Gasteiger partial charge in [-0.15, -0.1) is 0 Å². The van der Waals surface area contributed by atoms with Crippen molar-refractivity contribution in [2.45, 2.75) is 50.1 Å². The molecule has 210 valence electrons. The molecule has 1 aliphatic heterocycles. The molecule has 1 fully saturated rings. The lowest BCUT2D eigenvalue weighted by molar-refractivity contribution is -0.137. The van der Waals surface area contributed by atoms with E-state index in [2.05, 4.69) is 10.3 Å². The Morgan fingerprint density at radius 2 is 1.70 bits per heavy atom. The average molecular weight is 561 g/mol. The number of carbonyl (C=O) groups excluding carboxylic acids is 2. The van der Waals surface area contributed by atoms with Gasteiger partial charge in [0.15, 0.2) is 0 Å². The normalized spacial score (nSPS) is 21.1. The van der Waals surface area contributed by atoms with Gasteiger partial charge in [-0.05, 0) is 54.5 Å². The summed E-state index contributed by atoms with van der Waals surface area (Å²) < 4.78 is 26.6. The topological polar surface area (TPSA) is 99.7 Å². The molecule has 0 bridgehead atoms. The molecule has 1 aliphatic carbocycles. The van der Waals surface area contributed by atoms with E-state index in [1.165, 1.54) is 10.6 Å². The number of benzene rings is 2. The number of anilines is 1. The van der Waals surface area contributed by atoms with Crippen LogP contribution in [0, 0.1) is 5.92 Å². The van der Waals surface area contributed by atoms with Gasteiger partial charge in [0.2, 0.25) is 21.8 Å². The van der Waals surface area contributed by atoms with Gasteiger partial charge in [0, 0.05) is 50.3 Å². The van der Waals surface area contributed by atoms with Crippen molar-refractivity contribution >= 4 is 27.5 Å². The highest BCUT2D eigenvalue weighted by atomic mass is 32.2. The molecule has 2 heterocycles. The Hall–Kier alpha value is -3.72. The fourth-order valence-corrected chi connectivity index (χ4v) is 7.18. The number of carbonyl (C=O) groups is 2. The molecule has 5 rings (SSSR count). The zero-order valence-electron chi connectivity index (χ0n) is 23.0. The van der Waals surface area contributed by atoms with Crippen molar-refractivity contribution in [3.63, 3.8) is 0 Å². The standard InChI is InChI=1S/C31H36N4O4S/c1-34(21-23-9-4-3-5-10-23)30(37)27(19-24-11-8-18-32-20-24)33-29(36)25-14-16-31(17-15-25)22-35(40(2,38)39)28-13-7-6-12-26(28)31/h3-13,18,20,25,27H,14-17,19,21-22H2,1-2H3,(H,33,36). The quantitative estimate of drug-likeness (QED) is 0.453. The molecule has 1 atom stereocenters. The number of likely N-dealkylation sites (N-methyl/N-ethyl adjacent to an activating group) is 1. The Morgan fingerprint density at radius 1 is 1.02 bits per heavy atom. The van der Waals surface area contributed by atoms with Crippen molar-refractivity contribution in [2.24, 2.45) is 5.92 Å². The summed E-state index contributed by atoms with van der Waals surface area (Å²) >= 11 is 0. The summed E-state index contributed by atoms with van der Waals surface area (Å²) in [7, 11) is -1.64. The van der Waals surface area contributed by atoms with E-state index in [-0.39, 0.29) is 23.1 Å². The van der Waals surface area contributed by atoms with Gasteiger partial charge in [-0.2, -0.15) is 0 Å². The number of aromatic nitrogens is 1. The minimum Gasteiger partial charge on any atom is -0.344 e. The number of sulfonamides is 1. The minimum absolute atomic E-state index is 0.128. The van der Waals surface area contributed by atoms with Crippen LogP contribution in [0.25, 0.3) is 0 Å². The first-order valence-corrected chi connectivity index (χ1v) is 15.6. The number of para-hydroxylation sites is 1. The van der Waals surface area contributed by atoms with Crippen LogP contribution >= 0.6 is 0 Å². The minimum atomic E-state index is -3.40. The summed E-state index contributed by atoms with van der Waals surface area (Å²) in [5, 5.41) is 3.07. The van der Waals surface area contributed by atoms with Gasteiger partial charge in [-0.25, -0.2) is 8.42 Å². The summed E-state index contributed by atoms with van der Waals surface area (Å²) in [4.78, 5) is 33.0. The number of pyridine rings is 1. The van der Waals surface area contributed by atoms with Crippen LogP contribution in [-0.4, -0.2) is 56.0 Å². The summed E-state index contributed by atoms with van der Waals surface area (Å²) in [5.74, 6) is -0.521. The van der Waals surface area contributed by atoms with Gasteiger partial charge < -0.3 is 10.2 Å². The average Bonchev–Trinajstić information content (AvgIpc) is 3.28. The Morgan fingerprint density at radius 3 is 2.38 bits per heavy atom. The molecule has 40 heavy (non-hydrogen) atoms. The highest BCUT2D eigenvalue weighted by molar-refractivity contribution is 7.92. The van der Waals surface area contributed by atoms with Crippen LogP contribution in [0.3, 0.4) is 0 Å². The zero-order valence-corrected chi connectivity index (χ0v) is 23.8. The molecule has 1 N–H and O–H groups in total. The van der Waals surface area contributed by atoms with E-state index in [0.717, 1.165) is 22.4 Å². The first kappa shape index (κ1) is 27.8. The lowest BCUT2D eigenvalue weighted by atomic mass is 9.67. The maximum atomic E-state index is 13.6. The maximum absolute atomic E-state index is 13.6. The van der Waals surface area contributed by atoms with Gasteiger partial charge in [-0.3, -0.25) is 18.9 Å². The van der Waals surface area contributed by atoms with Gasteiger partial charge in [0.1, 0.15) is 6.04 Å². The van der Waals surface area contributed by atoms with Gasteiger partial charge in [0.25, 0.3) is 0 Å². The molecular formula is C31H36N4O4S. The smallest absolute Gasteiger partial charge is 0.245 e. The van der Waals surface area contributed by atoms with Crippen molar-refractivity contribution in [3.05, 3.63) is 95.8 Å². The Labute approximate surface area is 236 Å². The molecule has 2 amide bonds. The van der Waals surface area contributed by atoms with Crippen molar-refractivity contribution in [1.29, 1.82) is 0 Å². The fourth-order valence-electron chi connectivity index (χ4n) is 6.19. The van der Waals surface area contributed by atoms with Crippen LogP contribution in [0.4, 0.5) is 5.69 Å². The van der Waals surface area contributed by atoms with Gasteiger partial charge >= 0.3 is 0 Å². The zero-order chi connectivity index (χ0) is 28.3. The van der Waals surface area contributed by atoms with E-state index in [4.69, 9.17) is 0 Å². The van der Waals surface area contributed by atoms with Crippen molar-refractivity contribution in [3.8, 4) is 0 Å². The van der Waals surface area contributed by atoms with E-state index in [0.29, 0.717) is 45.2 Å². The van der Waals surface area contributed by atoms with Crippen LogP contribution < -0.4 is 9.62 Å². The SMILES string of the molecule is CN(Cc1ccccc1)C(=O)C(Cc1cccnc1)NC(=O)C1CCC2(CC1)CN(S(C)(=O)=O)c1ccccc12. The number of rotatable bonds is 8. The van der Waals surface area contributed by atoms with Gasteiger partial charge in [0.05, 0.1) is 11.9 Å². The molecule has 1 saturated carbocycles. The molecule has 8 nitrogen and oxygen atoms in total. The van der Waals surface area contributed by atoms with E-state index in [9.17, 15) is 18.0 Å². The molecule has 0 radical (unpaired) electrons. The van der Waals surface area contributed by atoms with Crippen LogP contribution in [0.1, 0.15) is 42.4 Å². The summed E-state index contributed by atoms with van der Waals surface area (Å²) in [6.45, 7) is 0.854. The second kappa shape index (κ2) is 11.4. The van der Waals surface area contributed by atoms with E-state index >= 15 is 0 Å². The lowest BCUT2D eigenvalue weighted by Gasteiger charge is -2.37. The van der Waals surface area contributed by atoms with Gasteiger partial charge in [-0.1, -0.05) is 54.6 Å². The first-order chi connectivity index (χ1) is 19.2. The summed E-state index contributed by atoms with van der Waals surface area (Å²) in [5.41, 5.74) is 3.39. The Kier molecular flexibility index (Phi) is 7.94. The van der Waals surface area contributed by atoms with Crippen LogP contribution in [0.5, 0.6) is 0 Å². The summed E-state index contributed by atoms with van der Waals surface area (Å²) in [6, 6.07) is 20.5. The molecule has 1 unspecified atom stereocenters. The third kappa shape index (κ3) is 5.89. The van der Waals surface area contributed by atoms with Crippen LogP contribution in [0.15, 0.2) is 79.1 Å². The molecule has 1 spiro atoms. The molecular weight excluding hydrogens is 524 g/mol. The molecule has 2 aliphatic rings. The van der Waals surface area contributed by atoms with E-state index in [1.807, 2.05) is 66.7 Å². The molecule has 2 aromatic carbocycles. The molecule has 1 aromatic heterocycles. The number of fused-ring (bicyclic) bond motifs is 2. The fraction of sp³-hybridized carbons (Fsp3) is 0.387. The van der Waals surface area contributed by atoms with Crippen molar-refractivity contribution in [1.82, 2.24) is 15.2 Å². The van der Waals surface area contributed by atoms with Crippen LogP contribution in [-0.2, 0) is 38.0 Å². The predicted molar refractivity (Wildman–Crippen MR) is 155 cm³/mol. The monoisotopic (exact) mass is 560 g/mol. The second-order valence-electron chi connectivity index (χ2n) is 11.1. The molecule has 9 heteroatoms. The number of nitrogens with zero attached hydrogens (tertiary/aromatic N) is 3. The Bertz CT molecular complexity index is 1450. The largest absolute Gasteiger partial charge is 0.344 e. The third-order valence-corrected chi connectivity index (χ3v) is 9.45. The number of nitrogens with one attached hydrogen (secondary N) is 1. The van der Waals surface area contributed by atoms with Crippen molar-refractivity contribution < 1.29 is 18.0 Å². The lowest BCUT2D eigenvalue weighted by Crippen LogP contribution is -2.51. The van der Waals surface area contributed by atoms with E-state index < -0.39 is 16.1 Å². The third-order valence-electron chi connectivity index (χ3n) is 8.32. The number of hydrogen-bond donors (Lipinski definition) is 1. The molecule has 0 saturated heterocycles. The van der Waals surface area contributed by atoms with Crippen molar-refractivity contribution in [2.75, 3.05) is 24.2 Å². The first-order valence-electron chi connectivity index (χ1n) is 13.7. The Balaban J connectivity index is 1.28. The summed E-state index contributed by atoms with van der Waals surface area (Å²) in [6.07, 6.45) is 7.69. The second-order valence-corrected chi connectivity index (χ2v) is 13.1. The molecule has 3 aromatic rings. The van der Waals surface area contributed by atoms with Crippen LogP contribution in [0.2, 0.25) is 0 Å². The predicted octanol–water partition coefficient (Wildman–Crippen LogP) is 3.68. The maximum Gasteiger partial charge on any atom is 0.245 e. The highest BCUT2D eigenvalue weighted by Crippen LogP contribution is 2.50.